The van der Waals surface area contributed by atoms with Crippen molar-refractivity contribution in [3.63, 3.8) is 0 Å². The molecular formula is C12H12ClNOS. The van der Waals surface area contributed by atoms with E-state index in [0.717, 1.165) is 17.0 Å². The summed E-state index contributed by atoms with van der Waals surface area (Å²) in [4.78, 5) is 5.01. The van der Waals surface area contributed by atoms with E-state index in [1.54, 1.807) is 6.20 Å². The normalized spacial score (nSPS) is 10.4. The van der Waals surface area contributed by atoms with E-state index >= 15 is 0 Å². The number of halogens is 1. The molecule has 4 heteroatoms. The lowest BCUT2D eigenvalue weighted by Gasteiger charge is -2.08. The number of rotatable bonds is 4. The first-order valence-corrected chi connectivity index (χ1v) is 6.30. The van der Waals surface area contributed by atoms with Crippen LogP contribution in [0.3, 0.4) is 0 Å². The highest BCUT2D eigenvalue weighted by Gasteiger charge is 2.03. The lowest BCUT2D eigenvalue weighted by molar-refractivity contribution is 0.306. The number of aryl methyl sites for hydroxylation is 1. The minimum Gasteiger partial charge on any atom is -0.488 e. The second kappa shape index (κ2) is 5.32. The van der Waals surface area contributed by atoms with Crippen LogP contribution in [0.4, 0.5) is 0 Å². The van der Waals surface area contributed by atoms with Crippen molar-refractivity contribution in [3.05, 3.63) is 45.4 Å². The number of thiazole rings is 1. The predicted octanol–water partition coefficient (Wildman–Crippen LogP) is 3.94. The van der Waals surface area contributed by atoms with Gasteiger partial charge in [0.25, 0.3) is 0 Å². The first kappa shape index (κ1) is 11.4. The number of aromatic nitrogens is 1. The highest BCUT2D eigenvalue weighted by atomic mass is 35.5. The monoisotopic (exact) mass is 253 g/mol. The summed E-state index contributed by atoms with van der Waals surface area (Å²) >= 11 is 7.20. The maximum atomic E-state index is 5.75. The molecule has 0 radical (unpaired) electrons. The van der Waals surface area contributed by atoms with Gasteiger partial charge in [0.15, 0.2) is 4.47 Å². The number of nitrogens with zero attached hydrogens (tertiary/aromatic N) is 1. The number of ether oxygens (including phenoxy) is 1. The van der Waals surface area contributed by atoms with Crippen LogP contribution in [-0.4, -0.2) is 4.98 Å². The lowest BCUT2D eigenvalue weighted by Crippen LogP contribution is -1.96. The Morgan fingerprint density at radius 2 is 2.19 bits per heavy atom. The Bertz CT molecular complexity index is 470. The average Bonchev–Trinajstić information content (AvgIpc) is 2.73. The standard InChI is InChI=1S/C12H12ClNOS/c1-2-9-5-3-4-6-11(9)15-8-10-7-14-12(13)16-10/h3-7H,2,8H2,1H3. The van der Waals surface area contributed by atoms with Gasteiger partial charge >= 0.3 is 0 Å². The second-order valence-electron chi connectivity index (χ2n) is 3.33. The molecule has 0 saturated heterocycles. The molecule has 1 aromatic heterocycles. The van der Waals surface area contributed by atoms with Gasteiger partial charge in [-0.15, -0.1) is 11.3 Å². The van der Waals surface area contributed by atoms with Crippen LogP contribution in [0.1, 0.15) is 17.4 Å². The Morgan fingerprint density at radius 1 is 1.38 bits per heavy atom. The highest BCUT2D eigenvalue weighted by Crippen LogP contribution is 2.22. The van der Waals surface area contributed by atoms with E-state index in [-0.39, 0.29) is 0 Å². The third-order valence-corrected chi connectivity index (χ3v) is 3.34. The zero-order valence-corrected chi connectivity index (χ0v) is 10.5. The molecule has 0 bridgehead atoms. The van der Waals surface area contributed by atoms with Crippen molar-refractivity contribution < 1.29 is 4.74 Å². The number of benzene rings is 1. The molecule has 0 aliphatic rings. The van der Waals surface area contributed by atoms with Crippen LogP contribution in [0.2, 0.25) is 4.47 Å². The summed E-state index contributed by atoms with van der Waals surface area (Å²) in [5.74, 6) is 0.939. The van der Waals surface area contributed by atoms with E-state index in [1.165, 1.54) is 16.9 Å². The molecule has 0 fully saturated rings. The Balaban J connectivity index is 2.04. The topological polar surface area (TPSA) is 22.1 Å². The molecule has 1 heterocycles. The summed E-state index contributed by atoms with van der Waals surface area (Å²) in [7, 11) is 0. The molecule has 0 aliphatic carbocycles. The van der Waals surface area contributed by atoms with Gasteiger partial charge in [0.1, 0.15) is 12.4 Å². The van der Waals surface area contributed by atoms with E-state index in [1.807, 2.05) is 18.2 Å². The van der Waals surface area contributed by atoms with E-state index < -0.39 is 0 Å². The molecule has 0 saturated carbocycles. The summed E-state index contributed by atoms with van der Waals surface area (Å²) in [6.45, 7) is 2.65. The van der Waals surface area contributed by atoms with Crippen molar-refractivity contribution in [3.8, 4) is 5.75 Å². The van der Waals surface area contributed by atoms with Gasteiger partial charge in [-0.3, -0.25) is 0 Å². The van der Waals surface area contributed by atoms with Crippen molar-refractivity contribution in [1.82, 2.24) is 4.98 Å². The van der Waals surface area contributed by atoms with Gasteiger partial charge in [0, 0.05) is 6.20 Å². The van der Waals surface area contributed by atoms with Crippen LogP contribution in [0.5, 0.6) is 5.75 Å². The number of hydrogen-bond donors (Lipinski definition) is 0. The van der Waals surface area contributed by atoms with Crippen LogP contribution in [0, 0.1) is 0 Å². The molecule has 2 rings (SSSR count). The fourth-order valence-electron chi connectivity index (χ4n) is 1.44. The fraction of sp³-hybridized carbons (Fsp3) is 0.250. The molecule has 0 unspecified atom stereocenters. The zero-order valence-electron chi connectivity index (χ0n) is 8.94. The summed E-state index contributed by atoms with van der Waals surface area (Å²) in [6.07, 6.45) is 2.72. The van der Waals surface area contributed by atoms with Crippen LogP contribution in [0.15, 0.2) is 30.5 Å². The third kappa shape index (κ3) is 2.74. The Labute approximate surface area is 104 Å². The SMILES string of the molecule is CCc1ccccc1OCc1cnc(Cl)s1. The van der Waals surface area contributed by atoms with E-state index in [2.05, 4.69) is 18.0 Å². The smallest absolute Gasteiger partial charge is 0.183 e. The molecule has 0 spiro atoms. The Morgan fingerprint density at radius 3 is 2.88 bits per heavy atom. The van der Waals surface area contributed by atoms with Crippen LogP contribution in [-0.2, 0) is 13.0 Å². The quantitative estimate of drug-likeness (QED) is 0.824. The molecule has 0 amide bonds. The van der Waals surface area contributed by atoms with Crippen molar-refractivity contribution in [2.75, 3.05) is 0 Å². The van der Waals surface area contributed by atoms with E-state index in [9.17, 15) is 0 Å². The minimum absolute atomic E-state index is 0.529. The summed E-state index contributed by atoms with van der Waals surface area (Å²) in [5, 5.41) is 0. The third-order valence-electron chi connectivity index (χ3n) is 2.25. The number of para-hydroxylation sites is 1. The van der Waals surface area contributed by atoms with Gasteiger partial charge in [0.05, 0.1) is 4.88 Å². The zero-order chi connectivity index (χ0) is 11.4. The maximum Gasteiger partial charge on any atom is 0.183 e. The first-order chi connectivity index (χ1) is 7.79. The van der Waals surface area contributed by atoms with Crippen LogP contribution < -0.4 is 4.74 Å². The largest absolute Gasteiger partial charge is 0.488 e. The summed E-state index contributed by atoms with van der Waals surface area (Å²) in [6, 6.07) is 8.07. The van der Waals surface area contributed by atoms with Crippen LogP contribution in [0.25, 0.3) is 0 Å². The van der Waals surface area contributed by atoms with E-state index in [4.69, 9.17) is 16.3 Å². The van der Waals surface area contributed by atoms with Gasteiger partial charge < -0.3 is 4.74 Å². The molecule has 84 valence electrons. The maximum absolute atomic E-state index is 5.75. The number of hydrogen-bond acceptors (Lipinski definition) is 3. The predicted molar refractivity (Wildman–Crippen MR) is 67.3 cm³/mol. The highest BCUT2D eigenvalue weighted by molar-refractivity contribution is 7.15. The van der Waals surface area contributed by atoms with E-state index in [0.29, 0.717) is 11.1 Å². The average molecular weight is 254 g/mol. The fourth-order valence-corrected chi connectivity index (χ4v) is 2.33. The summed E-state index contributed by atoms with van der Waals surface area (Å²) < 4.78 is 6.30. The lowest BCUT2D eigenvalue weighted by atomic mass is 10.1. The molecule has 16 heavy (non-hydrogen) atoms. The van der Waals surface area contributed by atoms with Gasteiger partial charge in [0.2, 0.25) is 0 Å². The van der Waals surface area contributed by atoms with Crippen molar-refractivity contribution in [2.24, 2.45) is 0 Å². The second-order valence-corrected chi connectivity index (χ2v) is 5.03. The first-order valence-electron chi connectivity index (χ1n) is 5.10. The molecule has 1 aromatic carbocycles. The van der Waals surface area contributed by atoms with Gasteiger partial charge in [-0.25, -0.2) is 4.98 Å². The van der Waals surface area contributed by atoms with Gasteiger partial charge in [-0.2, -0.15) is 0 Å². The minimum atomic E-state index is 0.529. The van der Waals surface area contributed by atoms with Crippen molar-refractivity contribution in [1.29, 1.82) is 0 Å². The van der Waals surface area contributed by atoms with Gasteiger partial charge in [-0.1, -0.05) is 36.7 Å². The Kier molecular flexibility index (Phi) is 3.80. The molecule has 2 aromatic rings. The molecule has 2 nitrogen and oxygen atoms in total. The molecule has 0 N–H and O–H groups in total. The Hall–Kier alpha value is -1.06. The molecule has 0 atom stereocenters. The molecule has 0 aliphatic heterocycles. The summed E-state index contributed by atoms with van der Waals surface area (Å²) in [5.41, 5.74) is 1.22. The van der Waals surface area contributed by atoms with Gasteiger partial charge in [-0.05, 0) is 18.1 Å². The van der Waals surface area contributed by atoms with Crippen molar-refractivity contribution >= 4 is 22.9 Å². The van der Waals surface area contributed by atoms with Crippen molar-refractivity contribution in [2.45, 2.75) is 20.0 Å². The van der Waals surface area contributed by atoms with Crippen LogP contribution >= 0.6 is 22.9 Å². The molecular weight excluding hydrogens is 242 g/mol.